The molecule has 2 heterocycles. The van der Waals surface area contributed by atoms with Gasteiger partial charge in [-0.1, -0.05) is 36.4 Å². The Hall–Kier alpha value is -3.55. The SMILES string of the molecule is CCN(CC)c1nc(NCc2ccccc2)nc(NCc2ccc3c(c2)OCO3)n1. The van der Waals surface area contributed by atoms with Crippen molar-refractivity contribution in [3.63, 3.8) is 0 Å². The van der Waals surface area contributed by atoms with Gasteiger partial charge in [0, 0.05) is 26.2 Å². The number of rotatable bonds is 9. The summed E-state index contributed by atoms with van der Waals surface area (Å²) in [4.78, 5) is 15.9. The number of hydrogen-bond donors (Lipinski definition) is 2. The van der Waals surface area contributed by atoms with E-state index in [1.807, 2.05) is 36.4 Å². The number of nitrogens with one attached hydrogen (secondary N) is 2. The van der Waals surface area contributed by atoms with E-state index in [0.29, 0.717) is 30.9 Å². The van der Waals surface area contributed by atoms with Crippen molar-refractivity contribution in [2.75, 3.05) is 35.4 Å². The van der Waals surface area contributed by atoms with E-state index >= 15 is 0 Å². The summed E-state index contributed by atoms with van der Waals surface area (Å²) in [6.07, 6.45) is 0. The van der Waals surface area contributed by atoms with E-state index in [9.17, 15) is 0 Å². The van der Waals surface area contributed by atoms with Crippen molar-refractivity contribution in [3.8, 4) is 11.5 Å². The number of aromatic nitrogens is 3. The fourth-order valence-corrected chi connectivity index (χ4v) is 3.18. The van der Waals surface area contributed by atoms with Gasteiger partial charge in [0.05, 0.1) is 0 Å². The van der Waals surface area contributed by atoms with Gasteiger partial charge in [-0.2, -0.15) is 15.0 Å². The highest BCUT2D eigenvalue weighted by atomic mass is 16.7. The van der Waals surface area contributed by atoms with Crippen LogP contribution in [0.25, 0.3) is 0 Å². The second kappa shape index (κ2) is 9.30. The average Bonchev–Trinajstić information content (AvgIpc) is 3.26. The first-order chi connectivity index (χ1) is 14.7. The number of ether oxygens (including phenoxy) is 2. The molecule has 0 unspecified atom stereocenters. The van der Waals surface area contributed by atoms with Crippen molar-refractivity contribution in [1.29, 1.82) is 0 Å². The van der Waals surface area contributed by atoms with Crippen LogP contribution in [-0.4, -0.2) is 34.8 Å². The monoisotopic (exact) mass is 406 g/mol. The van der Waals surface area contributed by atoms with Crippen LogP contribution in [0.5, 0.6) is 11.5 Å². The van der Waals surface area contributed by atoms with Gasteiger partial charge >= 0.3 is 0 Å². The Labute approximate surface area is 176 Å². The Morgan fingerprint density at radius 2 is 1.47 bits per heavy atom. The van der Waals surface area contributed by atoms with E-state index in [4.69, 9.17) is 9.47 Å². The molecule has 0 aliphatic carbocycles. The lowest BCUT2D eigenvalue weighted by Crippen LogP contribution is -2.25. The molecule has 0 spiro atoms. The third kappa shape index (κ3) is 4.71. The lowest BCUT2D eigenvalue weighted by Gasteiger charge is -2.20. The first-order valence-corrected chi connectivity index (χ1v) is 10.2. The maximum Gasteiger partial charge on any atom is 0.231 e. The van der Waals surface area contributed by atoms with Crippen LogP contribution in [-0.2, 0) is 13.1 Å². The van der Waals surface area contributed by atoms with Crippen molar-refractivity contribution in [3.05, 3.63) is 59.7 Å². The quantitative estimate of drug-likeness (QED) is 0.557. The summed E-state index contributed by atoms with van der Waals surface area (Å²) in [5, 5.41) is 6.62. The van der Waals surface area contributed by atoms with Gasteiger partial charge in [0.25, 0.3) is 0 Å². The number of benzene rings is 2. The van der Waals surface area contributed by atoms with E-state index in [1.165, 1.54) is 0 Å². The Kier molecular flexibility index (Phi) is 6.12. The van der Waals surface area contributed by atoms with Gasteiger partial charge in [-0.15, -0.1) is 0 Å². The van der Waals surface area contributed by atoms with Crippen LogP contribution in [0, 0.1) is 0 Å². The second-order valence-electron chi connectivity index (χ2n) is 6.84. The van der Waals surface area contributed by atoms with E-state index in [-0.39, 0.29) is 6.79 Å². The molecule has 156 valence electrons. The molecule has 2 N–H and O–H groups in total. The third-order valence-electron chi connectivity index (χ3n) is 4.85. The Morgan fingerprint density at radius 3 is 2.17 bits per heavy atom. The summed E-state index contributed by atoms with van der Waals surface area (Å²) >= 11 is 0. The molecule has 3 aromatic rings. The molecule has 2 aromatic carbocycles. The predicted molar refractivity (Wildman–Crippen MR) is 117 cm³/mol. The summed E-state index contributed by atoms with van der Waals surface area (Å²) in [5.74, 6) is 3.26. The van der Waals surface area contributed by atoms with Crippen molar-refractivity contribution < 1.29 is 9.47 Å². The summed E-state index contributed by atoms with van der Waals surface area (Å²) in [6, 6.07) is 16.1. The molecule has 0 bridgehead atoms. The van der Waals surface area contributed by atoms with E-state index in [0.717, 1.165) is 35.7 Å². The van der Waals surface area contributed by atoms with Gasteiger partial charge in [-0.3, -0.25) is 0 Å². The highest BCUT2D eigenvalue weighted by Gasteiger charge is 2.14. The van der Waals surface area contributed by atoms with Gasteiger partial charge in [0.15, 0.2) is 11.5 Å². The topological polar surface area (TPSA) is 84.4 Å². The van der Waals surface area contributed by atoms with Crippen molar-refractivity contribution in [2.24, 2.45) is 0 Å². The Balaban J connectivity index is 1.50. The molecular formula is C22H26N6O2. The minimum atomic E-state index is 0.267. The highest BCUT2D eigenvalue weighted by molar-refractivity contribution is 5.47. The minimum Gasteiger partial charge on any atom is -0.454 e. The standard InChI is InChI=1S/C22H26N6O2/c1-3-28(4-2)22-26-20(23-13-16-8-6-5-7-9-16)25-21(27-22)24-14-17-10-11-18-19(12-17)30-15-29-18/h5-12H,3-4,13-15H2,1-2H3,(H2,23,24,25,26,27). The second-order valence-corrected chi connectivity index (χ2v) is 6.84. The number of nitrogens with zero attached hydrogens (tertiary/aromatic N) is 4. The normalized spacial score (nSPS) is 11.9. The zero-order chi connectivity index (χ0) is 20.8. The van der Waals surface area contributed by atoms with Gasteiger partial charge < -0.3 is 25.0 Å². The lowest BCUT2D eigenvalue weighted by atomic mass is 10.2. The zero-order valence-corrected chi connectivity index (χ0v) is 17.3. The molecule has 0 saturated carbocycles. The van der Waals surface area contributed by atoms with Gasteiger partial charge in [-0.25, -0.2) is 0 Å². The fraction of sp³-hybridized carbons (Fsp3) is 0.318. The highest BCUT2D eigenvalue weighted by Crippen LogP contribution is 2.32. The van der Waals surface area contributed by atoms with Gasteiger partial charge in [0.1, 0.15) is 0 Å². The predicted octanol–water partition coefficient (Wildman–Crippen LogP) is 3.67. The first-order valence-electron chi connectivity index (χ1n) is 10.2. The summed E-state index contributed by atoms with van der Waals surface area (Å²) in [5.41, 5.74) is 2.22. The third-order valence-corrected chi connectivity index (χ3v) is 4.85. The van der Waals surface area contributed by atoms with Crippen molar-refractivity contribution in [2.45, 2.75) is 26.9 Å². The van der Waals surface area contributed by atoms with Crippen LogP contribution < -0.4 is 25.0 Å². The molecule has 8 nitrogen and oxygen atoms in total. The Morgan fingerprint density at radius 1 is 0.800 bits per heavy atom. The van der Waals surface area contributed by atoms with Gasteiger partial charge in [-0.05, 0) is 37.1 Å². The maximum absolute atomic E-state index is 5.46. The van der Waals surface area contributed by atoms with Crippen LogP contribution in [0.15, 0.2) is 48.5 Å². The molecule has 30 heavy (non-hydrogen) atoms. The van der Waals surface area contributed by atoms with E-state index < -0.39 is 0 Å². The number of fused-ring (bicyclic) bond motifs is 1. The first kappa shape index (κ1) is 19.8. The molecule has 1 aliphatic heterocycles. The molecule has 0 amide bonds. The maximum atomic E-state index is 5.46. The van der Waals surface area contributed by atoms with Crippen LogP contribution >= 0.6 is 0 Å². The minimum absolute atomic E-state index is 0.267. The Bertz CT molecular complexity index is 979. The van der Waals surface area contributed by atoms with Gasteiger partial charge in [0.2, 0.25) is 24.6 Å². The summed E-state index contributed by atoms with van der Waals surface area (Å²) < 4.78 is 10.8. The smallest absolute Gasteiger partial charge is 0.231 e. The summed E-state index contributed by atoms with van der Waals surface area (Å²) in [6.45, 7) is 7.29. The molecule has 4 rings (SSSR count). The van der Waals surface area contributed by atoms with Crippen LogP contribution in [0.2, 0.25) is 0 Å². The van der Waals surface area contributed by atoms with Crippen LogP contribution in [0.3, 0.4) is 0 Å². The molecule has 0 fully saturated rings. The molecule has 0 saturated heterocycles. The molecule has 0 radical (unpaired) electrons. The van der Waals surface area contributed by atoms with E-state index in [1.54, 1.807) is 0 Å². The fourth-order valence-electron chi connectivity index (χ4n) is 3.18. The largest absolute Gasteiger partial charge is 0.454 e. The molecule has 0 atom stereocenters. The van der Waals surface area contributed by atoms with Crippen LogP contribution in [0.1, 0.15) is 25.0 Å². The van der Waals surface area contributed by atoms with E-state index in [2.05, 4.69) is 56.5 Å². The van der Waals surface area contributed by atoms with Crippen molar-refractivity contribution >= 4 is 17.8 Å². The molecule has 1 aliphatic rings. The molecule has 1 aromatic heterocycles. The van der Waals surface area contributed by atoms with Crippen molar-refractivity contribution in [1.82, 2.24) is 15.0 Å². The summed E-state index contributed by atoms with van der Waals surface area (Å²) in [7, 11) is 0. The average molecular weight is 406 g/mol. The molecule has 8 heteroatoms. The van der Waals surface area contributed by atoms with Crippen LogP contribution in [0.4, 0.5) is 17.8 Å². The molecular weight excluding hydrogens is 380 g/mol. The lowest BCUT2D eigenvalue weighted by molar-refractivity contribution is 0.174. The number of anilines is 3. The number of hydrogen-bond acceptors (Lipinski definition) is 8. The zero-order valence-electron chi connectivity index (χ0n) is 17.3.